The fourth-order valence-corrected chi connectivity index (χ4v) is 3.83. The molecule has 0 aliphatic heterocycles. The quantitative estimate of drug-likeness (QED) is 0.488. The fraction of sp³-hybridized carbons (Fsp3) is 0.100. The second kappa shape index (κ2) is 9.35. The lowest BCUT2D eigenvalue weighted by Gasteiger charge is -2.11. The summed E-state index contributed by atoms with van der Waals surface area (Å²) >= 11 is 2.73. The van der Waals surface area contributed by atoms with Crippen LogP contribution in [0.5, 0.6) is 0 Å². The first-order valence-electron chi connectivity index (χ1n) is 8.55. The number of rotatable bonds is 7. The van der Waals surface area contributed by atoms with Gasteiger partial charge >= 0.3 is 5.97 Å². The predicted molar refractivity (Wildman–Crippen MR) is 114 cm³/mol. The zero-order chi connectivity index (χ0) is 20.8. The van der Waals surface area contributed by atoms with E-state index in [0.29, 0.717) is 10.8 Å². The van der Waals surface area contributed by atoms with Gasteiger partial charge in [0.25, 0.3) is 5.91 Å². The van der Waals surface area contributed by atoms with Crippen molar-refractivity contribution in [2.75, 3.05) is 10.6 Å². The Balaban J connectivity index is 1.61. The first-order chi connectivity index (χ1) is 13.9. The molecule has 1 atom stereocenters. The number of benzene rings is 2. The van der Waals surface area contributed by atoms with Crippen LogP contribution in [0.15, 0.2) is 65.0 Å². The highest BCUT2D eigenvalue weighted by molar-refractivity contribution is 8.00. The molecule has 2 aromatic carbocycles. The summed E-state index contributed by atoms with van der Waals surface area (Å²) in [6, 6.07) is 13.0. The highest BCUT2D eigenvalue weighted by atomic mass is 32.2. The molecule has 0 bridgehead atoms. The number of hydrogen-bond acceptors (Lipinski definition) is 6. The number of carboxylic acids is 1. The van der Waals surface area contributed by atoms with Gasteiger partial charge in [-0.15, -0.1) is 23.1 Å². The molecule has 1 unspecified atom stereocenters. The van der Waals surface area contributed by atoms with Gasteiger partial charge in [0.15, 0.2) is 5.13 Å². The first-order valence-corrected chi connectivity index (χ1v) is 10.3. The average molecular weight is 428 g/mol. The maximum absolute atomic E-state index is 12.4. The topological polar surface area (TPSA) is 108 Å². The smallest absolute Gasteiger partial charge is 0.336 e. The molecule has 0 radical (unpaired) electrons. The van der Waals surface area contributed by atoms with Gasteiger partial charge in [0.2, 0.25) is 5.91 Å². The fourth-order valence-electron chi connectivity index (χ4n) is 2.43. The Morgan fingerprint density at radius 1 is 1.03 bits per heavy atom. The van der Waals surface area contributed by atoms with E-state index in [1.54, 1.807) is 54.9 Å². The van der Waals surface area contributed by atoms with Gasteiger partial charge in [0, 0.05) is 22.2 Å². The second-order valence-corrected chi connectivity index (χ2v) is 8.22. The minimum Gasteiger partial charge on any atom is -0.478 e. The number of carbonyl (C=O) groups excluding carboxylic acids is 2. The van der Waals surface area contributed by atoms with Crippen LogP contribution < -0.4 is 10.6 Å². The van der Waals surface area contributed by atoms with Crippen LogP contribution in [0, 0.1) is 0 Å². The Morgan fingerprint density at radius 3 is 2.34 bits per heavy atom. The minimum absolute atomic E-state index is 0.0581. The van der Waals surface area contributed by atoms with Crippen molar-refractivity contribution in [1.29, 1.82) is 0 Å². The van der Waals surface area contributed by atoms with Crippen LogP contribution in [0.3, 0.4) is 0 Å². The maximum Gasteiger partial charge on any atom is 0.336 e. The van der Waals surface area contributed by atoms with Gasteiger partial charge in [-0.05, 0) is 43.3 Å². The number of carbonyl (C=O) groups is 3. The molecule has 2 amide bonds. The van der Waals surface area contributed by atoms with E-state index in [0.717, 1.165) is 4.90 Å². The number of thioether (sulfide) groups is 1. The third-order valence-electron chi connectivity index (χ3n) is 3.86. The standard InChI is InChI=1S/C20H17N3O4S2/c1-12(17(24)23-20-21-10-11-28-20)29-14-8-6-13(7-9-14)22-18(25)15-4-2-3-5-16(15)19(26)27/h2-12H,1H3,(H,22,25)(H,26,27)(H,21,23,24). The second-order valence-electron chi connectivity index (χ2n) is 5.92. The molecule has 3 rings (SSSR count). The number of amides is 2. The number of nitrogens with one attached hydrogen (secondary N) is 2. The molecule has 0 saturated carbocycles. The van der Waals surface area contributed by atoms with E-state index in [1.165, 1.54) is 35.2 Å². The molecule has 1 aromatic heterocycles. The molecular formula is C20H17N3O4S2. The number of hydrogen-bond donors (Lipinski definition) is 3. The highest BCUT2D eigenvalue weighted by Crippen LogP contribution is 2.26. The Hall–Kier alpha value is -3.17. The SMILES string of the molecule is CC(Sc1ccc(NC(=O)c2ccccc2C(=O)O)cc1)C(=O)Nc1nccs1. The zero-order valence-electron chi connectivity index (χ0n) is 15.3. The summed E-state index contributed by atoms with van der Waals surface area (Å²) in [4.78, 5) is 40.8. The van der Waals surface area contributed by atoms with Crippen molar-refractivity contribution >= 4 is 51.7 Å². The van der Waals surface area contributed by atoms with E-state index < -0.39 is 11.9 Å². The van der Waals surface area contributed by atoms with E-state index in [4.69, 9.17) is 0 Å². The van der Waals surface area contributed by atoms with Crippen LogP contribution in [0.25, 0.3) is 0 Å². The van der Waals surface area contributed by atoms with Crippen LogP contribution >= 0.6 is 23.1 Å². The molecule has 7 nitrogen and oxygen atoms in total. The number of aromatic carboxylic acids is 1. The molecular weight excluding hydrogens is 410 g/mol. The van der Waals surface area contributed by atoms with Crippen molar-refractivity contribution in [3.05, 3.63) is 71.2 Å². The van der Waals surface area contributed by atoms with Gasteiger partial charge in [-0.2, -0.15) is 0 Å². The van der Waals surface area contributed by atoms with Gasteiger partial charge in [-0.1, -0.05) is 12.1 Å². The summed E-state index contributed by atoms with van der Waals surface area (Å²) in [7, 11) is 0. The van der Waals surface area contributed by atoms with E-state index >= 15 is 0 Å². The molecule has 29 heavy (non-hydrogen) atoms. The first kappa shape index (κ1) is 20.6. The molecule has 1 heterocycles. The van der Waals surface area contributed by atoms with E-state index in [9.17, 15) is 19.5 Å². The number of anilines is 2. The molecule has 148 valence electrons. The number of aromatic nitrogens is 1. The van der Waals surface area contributed by atoms with Crippen LogP contribution in [0.2, 0.25) is 0 Å². The predicted octanol–water partition coefficient (Wildman–Crippen LogP) is 4.21. The van der Waals surface area contributed by atoms with Crippen molar-refractivity contribution in [2.45, 2.75) is 17.1 Å². The van der Waals surface area contributed by atoms with Gasteiger partial charge in [0.1, 0.15) is 0 Å². The minimum atomic E-state index is -1.16. The molecule has 0 aliphatic carbocycles. The third kappa shape index (κ3) is 5.43. The van der Waals surface area contributed by atoms with Crippen molar-refractivity contribution < 1.29 is 19.5 Å². The lowest BCUT2D eigenvalue weighted by atomic mass is 10.1. The third-order valence-corrected chi connectivity index (χ3v) is 5.66. The molecule has 0 spiro atoms. The monoisotopic (exact) mass is 427 g/mol. The van der Waals surface area contributed by atoms with Crippen LogP contribution in [-0.2, 0) is 4.79 Å². The Bertz CT molecular complexity index is 1020. The highest BCUT2D eigenvalue weighted by Gasteiger charge is 2.17. The van der Waals surface area contributed by atoms with Crippen molar-refractivity contribution in [2.24, 2.45) is 0 Å². The Morgan fingerprint density at radius 2 is 1.72 bits per heavy atom. The summed E-state index contributed by atoms with van der Waals surface area (Å²) in [5.74, 6) is -1.81. The Labute approximate surface area is 175 Å². The van der Waals surface area contributed by atoms with Gasteiger partial charge < -0.3 is 15.7 Å². The number of nitrogens with zero attached hydrogens (tertiary/aromatic N) is 1. The summed E-state index contributed by atoms with van der Waals surface area (Å²) in [5.41, 5.74) is 0.558. The van der Waals surface area contributed by atoms with Gasteiger partial charge in [-0.3, -0.25) is 9.59 Å². The van der Waals surface area contributed by atoms with Crippen molar-refractivity contribution in [1.82, 2.24) is 4.98 Å². The van der Waals surface area contributed by atoms with Crippen LogP contribution in [-0.4, -0.2) is 33.1 Å². The summed E-state index contributed by atoms with van der Waals surface area (Å²) in [5, 5.41) is 16.7. The lowest BCUT2D eigenvalue weighted by molar-refractivity contribution is -0.115. The molecule has 0 fully saturated rings. The zero-order valence-corrected chi connectivity index (χ0v) is 16.9. The number of carboxylic acid groups (broad SMARTS) is 1. The Kier molecular flexibility index (Phi) is 6.63. The maximum atomic E-state index is 12.4. The van der Waals surface area contributed by atoms with E-state index in [2.05, 4.69) is 15.6 Å². The molecule has 3 aromatic rings. The van der Waals surface area contributed by atoms with Gasteiger partial charge in [-0.25, -0.2) is 9.78 Å². The summed E-state index contributed by atoms with van der Waals surface area (Å²) in [6.07, 6.45) is 1.62. The molecule has 0 aliphatic rings. The van der Waals surface area contributed by atoms with Crippen molar-refractivity contribution in [3.63, 3.8) is 0 Å². The summed E-state index contributed by atoms with van der Waals surface area (Å²) < 4.78 is 0. The van der Waals surface area contributed by atoms with E-state index in [-0.39, 0.29) is 22.3 Å². The molecule has 0 saturated heterocycles. The number of thiazole rings is 1. The normalized spacial score (nSPS) is 11.5. The molecule has 9 heteroatoms. The van der Waals surface area contributed by atoms with Crippen LogP contribution in [0.4, 0.5) is 10.8 Å². The van der Waals surface area contributed by atoms with E-state index in [1.807, 2.05) is 0 Å². The lowest BCUT2D eigenvalue weighted by Crippen LogP contribution is -2.22. The largest absolute Gasteiger partial charge is 0.478 e. The average Bonchev–Trinajstić information content (AvgIpc) is 3.22. The molecule has 3 N–H and O–H groups in total. The van der Waals surface area contributed by atoms with Crippen LogP contribution in [0.1, 0.15) is 27.6 Å². The van der Waals surface area contributed by atoms with Gasteiger partial charge in [0.05, 0.1) is 16.4 Å². The van der Waals surface area contributed by atoms with Crippen molar-refractivity contribution in [3.8, 4) is 0 Å². The summed E-state index contributed by atoms with van der Waals surface area (Å²) in [6.45, 7) is 1.80.